The minimum Gasteiger partial charge on any atom is -0.264 e. The van der Waals surface area contributed by atoms with Gasteiger partial charge in [0.25, 0.3) is 0 Å². The molecule has 0 saturated heterocycles. The largest absolute Gasteiger partial charge is 0.264 e. The summed E-state index contributed by atoms with van der Waals surface area (Å²) in [6.07, 6.45) is 0. The average Bonchev–Trinajstić information content (AvgIpc) is 1.96. The van der Waals surface area contributed by atoms with Crippen molar-refractivity contribution in [3.63, 3.8) is 0 Å². The van der Waals surface area contributed by atoms with Crippen molar-refractivity contribution in [2.45, 2.75) is 20.4 Å². The molecule has 64 valence electrons. The first-order chi connectivity index (χ1) is 5.59. The Bertz CT molecular complexity index is 307. The standard InChI is InChI=1S/C9H11NO2/c1-7-3-4-9(5-8(7)2)6-10(11)12/h3-5H,6H2,1-2H3. The van der Waals surface area contributed by atoms with E-state index in [-0.39, 0.29) is 11.5 Å². The van der Waals surface area contributed by atoms with Crippen LogP contribution >= 0.6 is 0 Å². The van der Waals surface area contributed by atoms with Crippen molar-refractivity contribution in [2.75, 3.05) is 0 Å². The van der Waals surface area contributed by atoms with E-state index in [9.17, 15) is 10.1 Å². The number of rotatable bonds is 2. The fourth-order valence-electron chi connectivity index (χ4n) is 1.05. The van der Waals surface area contributed by atoms with Crippen LogP contribution in [0.1, 0.15) is 16.7 Å². The molecule has 0 aliphatic heterocycles. The van der Waals surface area contributed by atoms with Gasteiger partial charge in [0.05, 0.1) is 0 Å². The van der Waals surface area contributed by atoms with Crippen LogP contribution in [0, 0.1) is 24.0 Å². The van der Waals surface area contributed by atoms with Gasteiger partial charge in [-0.1, -0.05) is 12.1 Å². The molecule has 12 heavy (non-hydrogen) atoms. The van der Waals surface area contributed by atoms with Gasteiger partial charge in [0.15, 0.2) is 0 Å². The third kappa shape index (κ3) is 2.05. The fraction of sp³-hybridized carbons (Fsp3) is 0.333. The second-order valence-corrected chi connectivity index (χ2v) is 2.91. The summed E-state index contributed by atoms with van der Waals surface area (Å²) in [5.41, 5.74) is 3.04. The Morgan fingerprint density at radius 2 is 2.00 bits per heavy atom. The summed E-state index contributed by atoms with van der Waals surface area (Å²) in [7, 11) is 0. The van der Waals surface area contributed by atoms with Crippen molar-refractivity contribution in [2.24, 2.45) is 0 Å². The molecular weight excluding hydrogens is 154 g/mol. The molecule has 0 spiro atoms. The van der Waals surface area contributed by atoms with Crippen LogP contribution in [0.3, 0.4) is 0 Å². The van der Waals surface area contributed by atoms with Gasteiger partial charge in [0.2, 0.25) is 6.54 Å². The quantitative estimate of drug-likeness (QED) is 0.497. The highest BCUT2D eigenvalue weighted by molar-refractivity contribution is 5.29. The molecule has 1 rings (SSSR count). The van der Waals surface area contributed by atoms with E-state index in [1.165, 1.54) is 5.56 Å². The molecule has 0 atom stereocenters. The van der Waals surface area contributed by atoms with Crippen LogP contribution in [0.5, 0.6) is 0 Å². The molecule has 0 saturated carbocycles. The lowest BCUT2D eigenvalue weighted by molar-refractivity contribution is -0.496. The highest BCUT2D eigenvalue weighted by Gasteiger charge is 2.01. The normalized spacial score (nSPS) is 9.83. The average molecular weight is 165 g/mol. The smallest absolute Gasteiger partial charge is 0.228 e. The number of benzene rings is 1. The van der Waals surface area contributed by atoms with Gasteiger partial charge >= 0.3 is 0 Å². The van der Waals surface area contributed by atoms with Crippen LogP contribution < -0.4 is 0 Å². The van der Waals surface area contributed by atoms with E-state index in [1.807, 2.05) is 26.0 Å². The van der Waals surface area contributed by atoms with Crippen molar-refractivity contribution >= 4 is 0 Å². The Hall–Kier alpha value is -1.38. The second kappa shape index (κ2) is 3.34. The lowest BCUT2D eigenvalue weighted by Gasteiger charge is -2.00. The monoisotopic (exact) mass is 165 g/mol. The predicted octanol–water partition coefficient (Wildman–Crippen LogP) is 2.08. The molecule has 1 aromatic rings. The summed E-state index contributed by atoms with van der Waals surface area (Å²) in [6, 6.07) is 5.57. The Balaban J connectivity index is 2.89. The Kier molecular flexibility index (Phi) is 2.43. The van der Waals surface area contributed by atoms with E-state index < -0.39 is 0 Å². The molecule has 0 aliphatic carbocycles. The highest BCUT2D eigenvalue weighted by Crippen LogP contribution is 2.10. The molecule has 3 heteroatoms. The fourth-order valence-corrected chi connectivity index (χ4v) is 1.05. The van der Waals surface area contributed by atoms with Crippen molar-refractivity contribution in [1.29, 1.82) is 0 Å². The van der Waals surface area contributed by atoms with Gasteiger partial charge in [-0.05, 0) is 31.0 Å². The van der Waals surface area contributed by atoms with Crippen LogP contribution in [-0.2, 0) is 6.54 Å². The van der Waals surface area contributed by atoms with Crippen molar-refractivity contribution in [3.05, 3.63) is 45.0 Å². The zero-order valence-electron chi connectivity index (χ0n) is 7.20. The van der Waals surface area contributed by atoms with E-state index in [4.69, 9.17) is 0 Å². The lowest BCUT2D eigenvalue weighted by atomic mass is 10.1. The summed E-state index contributed by atoms with van der Waals surface area (Å²) in [4.78, 5) is 9.86. The second-order valence-electron chi connectivity index (χ2n) is 2.91. The van der Waals surface area contributed by atoms with Gasteiger partial charge in [-0.15, -0.1) is 0 Å². The molecule has 3 nitrogen and oxygen atoms in total. The maximum atomic E-state index is 10.2. The maximum absolute atomic E-state index is 10.2. The Labute approximate surface area is 71.2 Å². The minimum atomic E-state index is -0.315. The van der Waals surface area contributed by atoms with Crippen molar-refractivity contribution in [3.8, 4) is 0 Å². The van der Waals surface area contributed by atoms with Crippen LogP contribution in [0.4, 0.5) is 0 Å². The van der Waals surface area contributed by atoms with E-state index in [0.29, 0.717) is 0 Å². The van der Waals surface area contributed by atoms with E-state index in [2.05, 4.69) is 0 Å². The maximum Gasteiger partial charge on any atom is 0.228 e. The molecule has 0 aromatic heterocycles. The van der Waals surface area contributed by atoms with Crippen molar-refractivity contribution < 1.29 is 4.92 Å². The first-order valence-corrected chi connectivity index (χ1v) is 3.77. The summed E-state index contributed by atoms with van der Waals surface area (Å²) in [6.45, 7) is 3.87. The Morgan fingerprint density at radius 1 is 1.33 bits per heavy atom. The molecule has 0 aliphatic rings. The first-order valence-electron chi connectivity index (χ1n) is 3.77. The predicted molar refractivity (Wildman–Crippen MR) is 46.6 cm³/mol. The van der Waals surface area contributed by atoms with Crippen LogP contribution in [-0.4, -0.2) is 4.92 Å². The molecule has 0 amide bonds. The summed E-state index contributed by atoms with van der Waals surface area (Å²) >= 11 is 0. The molecule has 0 heterocycles. The third-order valence-electron chi connectivity index (χ3n) is 1.88. The number of nitro groups is 1. The molecular formula is C9H11NO2. The van der Waals surface area contributed by atoms with Gasteiger partial charge in [-0.25, -0.2) is 0 Å². The SMILES string of the molecule is Cc1ccc(C[N+](=O)[O-])cc1C. The van der Waals surface area contributed by atoms with Gasteiger partial charge in [-0.2, -0.15) is 0 Å². The van der Waals surface area contributed by atoms with Gasteiger partial charge < -0.3 is 0 Å². The van der Waals surface area contributed by atoms with E-state index in [1.54, 1.807) is 6.07 Å². The summed E-state index contributed by atoms with van der Waals surface area (Å²) in [5.74, 6) is 0. The van der Waals surface area contributed by atoms with Crippen LogP contribution in [0.15, 0.2) is 18.2 Å². The van der Waals surface area contributed by atoms with Gasteiger partial charge in [0, 0.05) is 10.5 Å². The topological polar surface area (TPSA) is 43.1 Å². The van der Waals surface area contributed by atoms with Crippen molar-refractivity contribution in [1.82, 2.24) is 0 Å². The Morgan fingerprint density at radius 3 is 2.50 bits per heavy atom. The number of hydrogen-bond donors (Lipinski definition) is 0. The van der Waals surface area contributed by atoms with E-state index in [0.717, 1.165) is 11.1 Å². The molecule has 0 radical (unpaired) electrons. The van der Waals surface area contributed by atoms with Gasteiger partial charge in [-0.3, -0.25) is 10.1 Å². The summed E-state index contributed by atoms with van der Waals surface area (Å²) in [5, 5.41) is 10.2. The lowest BCUT2D eigenvalue weighted by Crippen LogP contribution is -1.98. The number of aryl methyl sites for hydroxylation is 2. The third-order valence-corrected chi connectivity index (χ3v) is 1.88. The molecule has 0 unspecified atom stereocenters. The zero-order valence-corrected chi connectivity index (χ0v) is 7.20. The van der Waals surface area contributed by atoms with Crippen LogP contribution in [0.25, 0.3) is 0 Å². The first kappa shape index (κ1) is 8.71. The minimum absolute atomic E-state index is 0.0822. The van der Waals surface area contributed by atoms with Gasteiger partial charge in [0.1, 0.15) is 0 Å². The zero-order chi connectivity index (χ0) is 9.14. The summed E-state index contributed by atoms with van der Waals surface area (Å²) < 4.78 is 0. The number of hydrogen-bond acceptors (Lipinski definition) is 2. The molecule has 0 N–H and O–H groups in total. The number of nitrogens with zero attached hydrogens (tertiary/aromatic N) is 1. The molecule has 0 fully saturated rings. The molecule has 1 aromatic carbocycles. The highest BCUT2D eigenvalue weighted by atomic mass is 16.6. The van der Waals surface area contributed by atoms with E-state index >= 15 is 0 Å². The van der Waals surface area contributed by atoms with Crippen LogP contribution in [0.2, 0.25) is 0 Å². The molecule has 0 bridgehead atoms.